The molecule has 1 amide bonds. The van der Waals surface area contributed by atoms with E-state index >= 15 is 0 Å². The second kappa shape index (κ2) is 12.2. The van der Waals surface area contributed by atoms with Crippen molar-refractivity contribution in [1.82, 2.24) is 19.9 Å². The van der Waals surface area contributed by atoms with Crippen molar-refractivity contribution in [3.63, 3.8) is 0 Å². The minimum Gasteiger partial charge on any atom is -0.494 e. The molecule has 1 aliphatic rings. The molecule has 40 heavy (non-hydrogen) atoms. The average Bonchev–Trinajstić information content (AvgIpc) is 3.38. The van der Waals surface area contributed by atoms with Gasteiger partial charge in [-0.25, -0.2) is 15.0 Å². The van der Waals surface area contributed by atoms with Crippen molar-refractivity contribution in [2.45, 2.75) is 18.9 Å². The monoisotopic (exact) mass is 560 g/mol. The van der Waals surface area contributed by atoms with Crippen molar-refractivity contribution in [1.29, 1.82) is 0 Å². The fourth-order valence-electron chi connectivity index (χ4n) is 4.53. The molecule has 5 rings (SSSR count). The quantitative estimate of drug-likeness (QED) is 0.245. The first-order chi connectivity index (χ1) is 19.4. The van der Waals surface area contributed by atoms with E-state index in [0.29, 0.717) is 56.2 Å². The van der Waals surface area contributed by atoms with E-state index in [4.69, 9.17) is 25.8 Å². The predicted octanol–water partition coefficient (Wildman–Crippen LogP) is 5.82. The highest BCUT2D eigenvalue weighted by Crippen LogP contribution is 2.40. The summed E-state index contributed by atoms with van der Waals surface area (Å²) in [6.45, 7) is 1.03. The Morgan fingerprint density at radius 1 is 1.05 bits per heavy atom. The van der Waals surface area contributed by atoms with E-state index in [1.54, 1.807) is 62.9 Å². The van der Waals surface area contributed by atoms with Gasteiger partial charge >= 0.3 is 0 Å². The van der Waals surface area contributed by atoms with Crippen LogP contribution in [0.2, 0.25) is 5.02 Å². The molecule has 4 aromatic rings. The first-order valence-electron chi connectivity index (χ1n) is 12.7. The van der Waals surface area contributed by atoms with Gasteiger partial charge in [-0.3, -0.25) is 9.69 Å². The van der Waals surface area contributed by atoms with Crippen molar-refractivity contribution in [2.75, 3.05) is 38.4 Å². The molecule has 2 N–H and O–H groups in total. The summed E-state index contributed by atoms with van der Waals surface area (Å²) in [5.41, 5.74) is 1.67. The third-order valence-corrected chi connectivity index (χ3v) is 6.92. The number of methoxy groups -OCH3 is 2. The summed E-state index contributed by atoms with van der Waals surface area (Å²) < 4.78 is 17.0. The van der Waals surface area contributed by atoms with Crippen LogP contribution in [0.3, 0.4) is 0 Å². The van der Waals surface area contributed by atoms with Gasteiger partial charge in [0.2, 0.25) is 11.8 Å². The number of aromatic nitrogens is 3. The molecule has 206 valence electrons. The Hall–Kier alpha value is -4.41. The fraction of sp³-hybridized carbons (Fsp3) is 0.241. The number of ether oxygens (including phenoxy) is 3. The third kappa shape index (κ3) is 6.08. The number of carbonyl (C=O) groups is 1. The van der Waals surface area contributed by atoms with E-state index < -0.39 is 0 Å². The Bertz CT molecular complexity index is 1550. The summed E-state index contributed by atoms with van der Waals surface area (Å²) in [5.74, 6) is 1.99. The molecule has 10 nitrogen and oxygen atoms in total. The average molecular weight is 561 g/mol. The zero-order valence-electron chi connectivity index (χ0n) is 22.3. The molecule has 1 unspecified atom stereocenters. The van der Waals surface area contributed by atoms with Crippen molar-refractivity contribution >= 4 is 45.6 Å². The molecule has 1 atom stereocenters. The smallest absolute Gasteiger partial charge is 0.248 e. The molecule has 1 aliphatic heterocycles. The third-order valence-electron chi connectivity index (χ3n) is 6.62. The largest absolute Gasteiger partial charge is 0.494 e. The van der Waals surface area contributed by atoms with Crippen LogP contribution in [0.1, 0.15) is 12.8 Å². The van der Waals surface area contributed by atoms with Crippen LogP contribution in [-0.2, 0) is 4.79 Å². The number of likely N-dealkylation sites (tertiary alicyclic amines) is 1. The molecule has 2 aromatic heterocycles. The maximum absolute atomic E-state index is 12.8. The molecular weight excluding hydrogens is 532 g/mol. The summed E-state index contributed by atoms with van der Waals surface area (Å²) in [6.07, 6.45) is 8.73. The van der Waals surface area contributed by atoms with Gasteiger partial charge in [0.25, 0.3) is 0 Å². The van der Waals surface area contributed by atoms with Crippen LogP contribution in [0.25, 0.3) is 10.9 Å². The number of fused-ring (bicyclic) bond motifs is 1. The lowest BCUT2D eigenvalue weighted by molar-refractivity contribution is -0.111. The molecule has 0 radical (unpaired) electrons. The number of nitrogens with zero attached hydrogens (tertiary/aromatic N) is 4. The Morgan fingerprint density at radius 3 is 2.60 bits per heavy atom. The van der Waals surface area contributed by atoms with Crippen LogP contribution in [0.15, 0.2) is 67.1 Å². The first kappa shape index (κ1) is 27.2. The zero-order valence-corrected chi connectivity index (χ0v) is 23.1. The van der Waals surface area contributed by atoms with Gasteiger partial charge in [0.15, 0.2) is 5.75 Å². The topological polar surface area (TPSA) is 111 Å². The van der Waals surface area contributed by atoms with E-state index in [9.17, 15) is 4.79 Å². The molecule has 11 heteroatoms. The van der Waals surface area contributed by atoms with Gasteiger partial charge in [-0.1, -0.05) is 23.7 Å². The normalized spacial score (nSPS) is 15.3. The predicted molar refractivity (Wildman–Crippen MR) is 155 cm³/mol. The SMILES string of the molecule is COc1cc2ncnc(Nc3cc(Cl)c(Oc4ccccn4)cc3OC)c2cc1NC(=O)C=CC1CCCN1C. The number of rotatable bonds is 9. The number of likely N-dealkylation sites (N-methyl/N-ethyl adjacent to an activating group) is 1. The molecule has 0 aliphatic carbocycles. The standard InChI is InChI=1S/C29H29ClN6O4/c1-36-12-6-7-18(36)9-10-27(37)34-22-13-19-21(15-25(22)38-2)32-17-33-29(19)35-23-14-20(30)24(16-26(23)39-3)40-28-8-4-5-11-31-28/h4-5,8-11,13-18H,6-7,12H2,1-3H3,(H,34,37)(H,32,33,35). The minimum atomic E-state index is -0.249. The van der Waals surface area contributed by atoms with Crippen molar-refractivity contribution in [3.8, 4) is 23.1 Å². The van der Waals surface area contributed by atoms with Gasteiger partial charge in [-0.05, 0) is 44.6 Å². The molecule has 1 fully saturated rings. The molecular formula is C29H29ClN6O4. The number of amides is 1. The van der Waals surface area contributed by atoms with Crippen LogP contribution in [0.5, 0.6) is 23.1 Å². The molecule has 0 bridgehead atoms. The number of anilines is 3. The highest BCUT2D eigenvalue weighted by molar-refractivity contribution is 6.32. The number of nitrogens with one attached hydrogen (secondary N) is 2. The zero-order chi connectivity index (χ0) is 28.1. The van der Waals surface area contributed by atoms with Gasteiger partial charge in [0.1, 0.15) is 23.6 Å². The maximum atomic E-state index is 12.8. The Balaban J connectivity index is 1.43. The molecule has 2 aromatic carbocycles. The van der Waals surface area contributed by atoms with Crippen LogP contribution in [-0.4, -0.2) is 59.6 Å². The Morgan fingerprint density at radius 2 is 1.88 bits per heavy atom. The number of benzene rings is 2. The Kier molecular flexibility index (Phi) is 8.28. The summed E-state index contributed by atoms with van der Waals surface area (Å²) in [6, 6.07) is 12.5. The highest BCUT2D eigenvalue weighted by atomic mass is 35.5. The summed E-state index contributed by atoms with van der Waals surface area (Å²) in [5, 5.41) is 7.21. The summed E-state index contributed by atoms with van der Waals surface area (Å²) in [7, 11) is 5.15. The highest BCUT2D eigenvalue weighted by Gasteiger charge is 2.19. The Labute approximate surface area is 237 Å². The van der Waals surface area contributed by atoms with E-state index in [1.807, 2.05) is 12.1 Å². The number of carbonyl (C=O) groups excluding carboxylic acids is 1. The lowest BCUT2D eigenvalue weighted by Crippen LogP contribution is -2.23. The van der Waals surface area contributed by atoms with Gasteiger partial charge < -0.3 is 24.8 Å². The van der Waals surface area contributed by atoms with Crippen LogP contribution >= 0.6 is 11.6 Å². The van der Waals surface area contributed by atoms with Crippen molar-refractivity contribution in [2.24, 2.45) is 0 Å². The number of hydrogen-bond donors (Lipinski definition) is 2. The molecule has 0 spiro atoms. The van der Waals surface area contributed by atoms with Crippen molar-refractivity contribution in [3.05, 3.63) is 72.2 Å². The molecule has 3 heterocycles. The maximum Gasteiger partial charge on any atom is 0.248 e. The van der Waals surface area contributed by atoms with Crippen LogP contribution < -0.4 is 24.8 Å². The van der Waals surface area contributed by atoms with Gasteiger partial charge in [0.05, 0.1) is 36.1 Å². The van der Waals surface area contributed by atoms with Gasteiger partial charge in [-0.15, -0.1) is 0 Å². The summed E-state index contributed by atoms with van der Waals surface area (Å²) in [4.78, 5) is 28.0. The number of halogens is 1. The van der Waals surface area contributed by atoms with E-state index in [2.05, 4.69) is 37.5 Å². The van der Waals surface area contributed by atoms with E-state index in [-0.39, 0.29) is 11.9 Å². The molecule has 0 saturated carbocycles. The van der Waals surface area contributed by atoms with Gasteiger partial charge in [-0.2, -0.15) is 0 Å². The lowest BCUT2D eigenvalue weighted by Gasteiger charge is -2.16. The summed E-state index contributed by atoms with van der Waals surface area (Å²) >= 11 is 6.55. The van der Waals surface area contributed by atoms with Gasteiger partial charge in [0, 0.05) is 41.9 Å². The lowest BCUT2D eigenvalue weighted by atomic mass is 10.1. The molecule has 1 saturated heterocycles. The van der Waals surface area contributed by atoms with Crippen LogP contribution in [0, 0.1) is 0 Å². The second-order valence-electron chi connectivity index (χ2n) is 9.21. The first-order valence-corrected chi connectivity index (χ1v) is 13.1. The number of pyridine rings is 1. The minimum absolute atomic E-state index is 0.249. The second-order valence-corrected chi connectivity index (χ2v) is 9.62. The van der Waals surface area contributed by atoms with Crippen molar-refractivity contribution < 1.29 is 19.0 Å². The number of hydrogen-bond acceptors (Lipinski definition) is 9. The van der Waals surface area contributed by atoms with Crippen LogP contribution in [0.4, 0.5) is 17.2 Å². The van der Waals surface area contributed by atoms with E-state index in [0.717, 1.165) is 19.4 Å². The van der Waals surface area contributed by atoms with E-state index in [1.165, 1.54) is 6.33 Å². The fourth-order valence-corrected chi connectivity index (χ4v) is 4.73.